The summed E-state index contributed by atoms with van der Waals surface area (Å²) in [6.45, 7) is 10.2. The molecule has 0 fully saturated rings. The molecule has 164 valence electrons. The lowest BCUT2D eigenvalue weighted by Crippen LogP contribution is -2.05. The van der Waals surface area contributed by atoms with Crippen LogP contribution in [0.15, 0.2) is 105 Å². The zero-order chi connectivity index (χ0) is 23.8. The van der Waals surface area contributed by atoms with E-state index in [4.69, 9.17) is 14.2 Å². The molecule has 0 heterocycles. The van der Waals surface area contributed by atoms with Crippen LogP contribution in [0.4, 0.5) is 0 Å². The second-order valence-electron chi connectivity index (χ2n) is 6.64. The van der Waals surface area contributed by atoms with Gasteiger partial charge in [0.25, 0.3) is 0 Å². The highest BCUT2D eigenvalue weighted by molar-refractivity contribution is 5.87. The van der Waals surface area contributed by atoms with Crippen molar-refractivity contribution in [1.82, 2.24) is 0 Å². The van der Waals surface area contributed by atoms with Gasteiger partial charge < -0.3 is 14.2 Å². The van der Waals surface area contributed by atoms with Crippen molar-refractivity contribution in [1.29, 1.82) is 0 Å². The Bertz CT molecular complexity index is 1220. The lowest BCUT2D eigenvalue weighted by Gasteiger charge is -2.13. The smallest absolute Gasteiger partial charge is 0.335 e. The zero-order valence-electron chi connectivity index (χ0n) is 17.7. The normalized spacial score (nSPS) is 9.94. The fourth-order valence-corrected chi connectivity index (χ4v) is 2.91. The van der Waals surface area contributed by atoms with Crippen molar-refractivity contribution in [2.24, 2.45) is 0 Å². The Morgan fingerprint density at radius 1 is 0.545 bits per heavy atom. The summed E-state index contributed by atoms with van der Waals surface area (Å²) < 4.78 is 15.7. The van der Waals surface area contributed by atoms with E-state index in [0.29, 0.717) is 22.8 Å². The predicted octanol–water partition coefficient (Wildman–Crippen LogP) is 5.29. The molecule has 0 aliphatic heterocycles. The minimum Gasteiger partial charge on any atom is -0.423 e. The lowest BCUT2D eigenvalue weighted by atomic mass is 9.99. The SMILES string of the molecule is C=CC(=O)Oc1ccc(-c2ccc(-c3ccc(OC(=O)C=C)cc3)c(OC(=O)C=C)c2)cc1. The Kier molecular flexibility index (Phi) is 7.34. The molecule has 0 spiro atoms. The van der Waals surface area contributed by atoms with E-state index in [-0.39, 0.29) is 0 Å². The van der Waals surface area contributed by atoms with Gasteiger partial charge in [-0.15, -0.1) is 0 Å². The quantitative estimate of drug-likeness (QED) is 0.269. The van der Waals surface area contributed by atoms with Gasteiger partial charge in [0.1, 0.15) is 17.2 Å². The molecule has 0 amide bonds. The summed E-state index contributed by atoms with van der Waals surface area (Å²) in [5.74, 6) is -0.626. The molecule has 0 atom stereocenters. The summed E-state index contributed by atoms with van der Waals surface area (Å²) in [6.07, 6.45) is 3.25. The summed E-state index contributed by atoms with van der Waals surface area (Å²) >= 11 is 0. The Morgan fingerprint density at radius 3 is 1.45 bits per heavy atom. The van der Waals surface area contributed by atoms with Crippen molar-refractivity contribution in [2.75, 3.05) is 0 Å². The topological polar surface area (TPSA) is 78.9 Å². The summed E-state index contributed by atoms with van der Waals surface area (Å²) in [6, 6.07) is 19.0. The maximum absolute atomic E-state index is 11.9. The molecule has 3 aromatic carbocycles. The number of carbonyl (C=O) groups excluding carboxylic acids is 3. The van der Waals surface area contributed by atoms with Crippen LogP contribution in [0.5, 0.6) is 17.2 Å². The molecule has 0 radical (unpaired) electrons. The molecule has 0 saturated carbocycles. The predicted molar refractivity (Wildman–Crippen MR) is 125 cm³/mol. The first-order valence-electron chi connectivity index (χ1n) is 9.81. The van der Waals surface area contributed by atoms with Crippen molar-refractivity contribution < 1.29 is 28.6 Å². The van der Waals surface area contributed by atoms with E-state index in [0.717, 1.165) is 34.9 Å². The van der Waals surface area contributed by atoms with E-state index in [2.05, 4.69) is 19.7 Å². The molecule has 0 aliphatic rings. The zero-order valence-corrected chi connectivity index (χ0v) is 17.7. The van der Waals surface area contributed by atoms with Crippen molar-refractivity contribution >= 4 is 17.9 Å². The highest BCUT2D eigenvalue weighted by Gasteiger charge is 2.13. The molecule has 6 nitrogen and oxygen atoms in total. The standard InChI is InChI=1S/C27H20O6/c1-4-25(28)31-21-12-7-18(8-13-21)20-11-16-23(24(17-20)33-27(30)6-3)19-9-14-22(15-10-19)32-26(29)5-2/h4-17H,1-3H2. The highest BCUT2D eigenvalue weighted by atomic mass is 16.5. The van der Waals surface area contributed by atoms with Crippen LogP contribution in [0.2, 0.25) is 0 Å². The van der Waals surface area contributed by atoms with E-state index < -0.39 is 17.9 Å². The summed E-state index contributed by atoms with van der Waals surface area (Å²) in [4.78, 5) is 34.7. The minimum atomic E-state index is -0.600. The van der Waals surface area contributed by atoms with Gasteiger partial charge in [-0.2, -0.15) is 0 Å². The van der Waals surface area contributed by atoms with Crippen LogP contribution in [0.3, 0.4) is 0 Å². The van der Waals surface area contributed by atoms with E-state index >= 15 is 0 Å². The van der Waals surface area contributed by atoms with Gasteiger partial charge in [0, 0.05) is 23.8 Å². The second-order valence-corrected chi connectivity index (χ2v) is 6.64. The van der Waals surface area contributed by atoms with E-state index in [1.54, 1.807) is 54.6 Å². The molecule has 33 heavy (non-hydrogen) atoms. The molecule has 6 heteroatoms. The first-order valence-corrected chi connectivity index (χ1v) is 9.81. The van der Waals surface area contributed by atoms with Crippen LogP contribution in [0, 0.1) is 0 Å². The lowest BCUT2D eigenvalue weighted by molar-refractivity contribution is -0.129. The fourth-order valence-electron chi connectivity index (χ4n) is 2.91. The van der Waals surface area contributed by atoms with Crippen LogP contribution < -0.4 is 14.2 Å². The third-order valence-electron chi connectivity index (χ3n) is 4.48. The number of benzene rings is 3. The Morgan fingerprint density at radius 2 is 0.970 bits per heavy atom. The van der Waals surface area contributed by atoms with Crippen molar-refractivity contribution in [2.45, 2.75) is 0 Å². The van der Waals surface area contributed by atoms with E-state index in [1.807, 2.05) is 12.1 Å². The minimum absolute atomic E-state index is 0.329. The van der Waals surface area contributed by atoms with Gasteiger partial charge in [-0.25, -0.2) is 14.4 Å². The van der Waals surface area contributed by atoms with Gasteiger partial charge in [-0.3, -0.25) is 0 Å². The van der Waals surface area contributed by atoms with Gasteiger partial charge in [0.05, 0.1) is 0 Å². The van der Waals surface area contributed by atoms with Crippen molar-refractivity contribution in [3.63, 3.8) is 0 Å². The number of hydrogen-bond acceptors (Lipinski definition) is 6. The number of carbonyl (C=O) groups is 3. The van der Waals surface area contributed by atoms with E-state index in [9.17, 15) is 14.4 Å². The van der Waals surface area contributed by atoms with Crippen LogP contribution in [-0.4, -0.2) is 17.9 Å². The maximum Gasteiger partial charge on any atom is 0.335 e. The largest absolute Gasteiger partial charge is 0.423 e. The first-order chi connectivity index (χ1) is 15.9. The third kappa shape index (κ3) is 5.92. The molecule has 0 N–H and O–H groups in total. The van der Waals surface area contributed by atoms with Gasteiger partial charge in [0.2, 0.25) is 0 Å². The average Bonchev–Trinajstić information content (AvgIpc) is 2.84. The first kappa shape index (κ1) is 23.0. The molecule has 0 saturated heterocycles. The van der Waals surface area contributed by atoms with Crippen LogP contribution >= 0.6 is 0 Å². The second kappa shape index (κ2) is 10.5. The molecular weight excluding hydrogens is 420 g/mol. The molecule has 0 unspecified atom stereocenters. The molecule has 3 aromatic rings. The highest BCUT2D eigenvalue weighted by Crippen LogP contribution is 2.35. The van der Waals surface area contributed by atoms with Gasteiger partial charge >= 0.3 is 17.9 Å². The summed E-state index contributed by atoms with van der Waals surface area (Å²) in [5.41, 5.74) is 3.01. The summed E-state index contributed by atoms with van der Waals surface area (Å²) in [5, 5.41) is 0. The van der Waals surface area contributed by atoms with E-state index in [1.165, 1.54) is 0 Å². The van der Waals surface area contributed by atoms with Crippen LogP contribution in [-0.2, 0) is 14.4 Å². The summed E-state index contributed by atoms with van der Waals surface area (Å²) in [7, 11) is 0. The molecule has 3 rings (SSSR count). The van der Waals surface area contributed by atoms with Crippen LogP contribution in [0.25, 0.3) is 22.3 Å². The Labute approximate surface area is 191 Å². The average molecular weight is 440 g/mol. The van der Waals surface area contributed by atoms with Gasteiger partial charge in [-0.1, -0.05) is 56.1 Å². The number of rotatable bonds is 8. The van der Waals surface area contributed by atoms with Crippen molar-refractivity contribution in [3.05, 3.63) is 105 Å². The monoisotopic (exact) mass is 440 g/mol. The third-order valence-corrected chi connectivity index (χ3v) is 4.48. The van der Waals surface area contributed by atoms with Crippen molar-refractivity contribution in [3.8, 4) is 39.5 Å². The maximum atomic E-state index is 11.9. The van der Waals surface area contributed by atoms with Crippen LogP contribution in [0.1, 0.15) is 0 Å². The number of esters is 3. The molecule has 0 aromatic heterocycles. The number of ether oxygens (including phenoxy) is 3. The van der Waals surface area contributed by atoms with Gasteiger partial charge in [0.15, 0.2) is 0 Å². The Balaban J connectivity index is 1.94. The Hall–Kier alpha value is -4.71. The molecule has 0 aliphatic carbocycles. The number of hydrogen-bond donors (Lipinski definition) is 0. The molecule has 0 bridgehead atoms. The fraction of sp³-hybridized carbons (Fsp3) is 0. The van der Waals surface area contributed by atoms with Gasteiger partial charge in [-0.05, 0) is 47.0 Å². The molecular formula is C27H20O6.